The zero-order valence-corrected chi connectivity index (χ0v) is 22.2. The molecule has 6 rings (SSSR count). The Morgan fingerprint density at radius 3 is 1.74 bits per heavy atom. The second-order valence-corrected chi connectivity index (χ2v) is 9.98. The van der Waals surface area contributed by atoms with Crippen molar-refractivity contribution < 1.29 is 18.3 Å². The lowest BCUT2D eigenvalue weighted by molar-refractivity contribution is 0.139. The van der Waals surface area contributed by atoms with E-state index in [-0.39, 0.29) is 23.8 Å². The van der Waals surface area contributed by atoms with E-state index < -0.39 is 0 Å². The van der Waals surface area contributed by atoms with E-state index in [4.69, 9.17) is 9.47 Å². The third-order valence-electron chi connectivity index (χ3n) is 6.33. The second kappa shape index (κ2) is 13.7. The highest BCUT2D eigenvalue weighted by Gasteiger charge is 2.26. The summed E-state index contributed by atoms with van der Waals surface area (Å²) < 4.78 is 38.1. The SMILES string of the molecule is C1CNCCN1.Fc1ccc2c(c1)CC(CI)O2.Fc1ccc2c(c1)CC(CN1CCNCC1)O2. The highest BCUT2D eigenvalue weighted by atomic mass is 127. The van der Waals surface area contributed by atoms with E-state index in [0.717, 1.165) is 98.8 Å². The third kappa shape index (κ3) is 8.24. The molecule has 0 radical (unpaired) electrons. The van der Waals surface area contributed by atoms with Crippen LogP contribution in [-0.4, -0.2) is 80.4 Å². The van der Waals surface area contributed by atoms with Crippen LogP contribution in [0.25, 0.3) is 0 Å². The second-order valence-electron chi connectivity index (χ2n) is 9.10. The van der Waals surface area contributed by atoms with Crippen LogP contribution in [0.15, 0.2) is 36.4 Å². The molecule has 3 N–H and O–H groups in total. The Bertz CT molecular complexity index is 930. The van der Waals surface area contributed by atoms with Gasteiger partial charge in [-0.05, 0) is 36.4 Å². The van der Waals surface area contributed by atoms with Crippen molar-refractivity contribution in [1.29, 1.82) is 0 Å². The number of nitrogens with zero attached hydrogens (tertiary/aromatic N) is 1. The number of ether oxygens (including phenoxy) is 2. The molecule has 0 bridgehead atoms. The molecule has 4 aliphatic heterocycles. The van der Waals surface area contributed by atoms with E-state index >= 15 is 0 Å². The van der Waals surface area contributed by atoms with Crippen molar-refractivity contribution in [2.75, 3.05) is 63.3 Å². The van der Waals surface area contributed by atoms with Crippen LogP contribution in [0.3, 0.4) is 0 Å². The van der Waals surface area contributed by atoms with Crippen molar-refractivity contribution in [3.8, 4) is 11.5 Å². The molecular formula is C26H35F2IN4O2. The van der Waals surface area contributed by atoms with Gasteiger partial charge in [-0.25, -0.2) is 8.78 Å². The van der Waals surface area contributed by atoms with Crippen LogP contribution in [0.1, 0.15) is 11.1 Å². The number of fused-ring (bicyclic) bond motifs is 2. The first-order chi connectivity index (χ1) is 17.1. The summed E-state index contributed by atoms with van der Waals surface area (Å²) in [6.45, 7) is 9.75. The van der Waals surface area contributed by atoms with Gasteiger partial charge in [0, 0.05) is 87.3 Å². The molecule has 2 atom stereocenters. The molecule has 6 nitrogen and oxygen atoms in total. The Balaban J connectivity index is 0.000000139. The molecule has 192 valence electrons. The van der Waals surface area contributed by atoms with Crippen LogP contribution in [0, 0.1) is 11.6 Å². The number of hydrogen-bond donors (Lipinski definition) is 3. The van der Waals surface area contributed by atoms with Crippen LogP contribution in [-0.2, 0) is 12.8 Å². The summed E-state index contributed by atoms with van der Waals surface area (Å²) in [7, 11) is 0. The summed E-state index contributed by atoms with van der Waals surface area (Å²) in [6, 6.07) is 9.49. The van der Waals surface area contributed by atoms with E-state index in [1.165, 1.54) is 12.1 Å². The van der Waals surface area contributed by atoms with Crippen molar-refractivity contribution >= 4 is 22.6 Å². The van der Waals surface area contributed by atoms with Crippen LogP contribution in [0.2, 0.25) is 0 Å². The van der Waals surface area contributed by atoms with E-state index in [2.05, 4.69) is 43.4 Å². The standard InChI is InChI=1S/C13H17FN2O.C9H8FIO.C4H10N2/c14-11-1-2-13-10(7-11)8-12(17-13)9-16-5-3-15-4-6-16;10-7-1-2-9-6(3-7)4-8(5-11)12-9;1-2-6-4-3-5-1/h1-2,7,12,15H,3-6,8-9H2;1-3,8H,4-5H2;5-6H,1-4H2. The normalized spacial score (nSPS) is 22.9. The van der Waals surface area contributed by atoms with Gasteiger partial charge in [-0.2, -0.15) is 0 Å². The van der Waals surface area contributed by atoms with Crippen molar-refractivity contribution in [3.05, 3.63) is 59.2 Å². The van der Waals surface area contributed by atoms with Gasteiger partial charge >= 0.3 is 0 Å². The predicted octanol–water partition coefficient (Wildman–Crippen LogP) is 2.78. The number of rotatable bonds is 3. The summed E-state index contributed by atoms with van der Waals surface area (Å²) in [5, 5.41) is 9.78. The number of benzene rings is 2. The summed E-state index contributed by atoms with van der Waals surface area (Å²) in [4.78, 5) is 2.41. The van der Waals surface area contributed by atoms with Gasteiger partial charge in [0.1, 0.15) is 35.3 Å². The van der Waals surface area contributed by atoms with Gasteiger partial charge in [0.15, 0.2) is 0 Å². The highest BCUT2D eigenvalue weighted by molar-refractivity contribution is 14.1. The van der Waals surface area contributed by atoms with E-state index in [1.807, 2.05) is 0 Å². The Hall–Kier alpha value is -1.53. The molecule has 4 heterocycles. The monoisotopic (exact) mass is 600 g/mol. The van der Waals surface area contributed by atoms with Gasteiger partial charge < -0.3 is 25.4 Å². The number of alkyl halides is 1. The molecule has 2 fully saturated rings. The molecule has 0 amide bonds. The zero-order chi connectivity index (χ0) is 24.5. The van der Waals surface area contributed by atoms with Crippen LogP contribution < -0.4 is 25.4 Å². The number of halogens is 3. The Morgan fingerprint density at radius 1 is 0.743 bits per heavy atom. The fourth-order valence-corrected chi connectivity index (χ4v) is 5.04. The minimum atomic E-state index is -0.175. The average molecular weight is 600 g/mol. The van der Waals surface area contributed by atoms with Crippen molar-refractivity contribution in [3.63, 3.8) is 0 Å². The Morgan fingerprint density at radius 2 is 1.23 bits per heavy atom. The first kappa shape index (κ1) is 26.5. The summed E-state index contributed by atoms with van der Waals surface area (Å²) in [5.41, 5.74) is 2.00. The summed E-state index contributed by atoms with van der Waals surface area (Å²) in [6.07, 6.45) is 2.10. The topological polar surface area (TPSA) is 57.8 Å². The van der Waals surface area contributed by atoms with Gasteiger partial charge in [-0.3, -0.25) is 4.90 Å². The van der Waals surface area contributed by atoms with Gasteiger partial charge in [0.25, 0.3) is 0 Å². The van der Waals surface area contributed by atoms with Crippen LogP contribution in [0.5, 0.6) is 11.5 Å². The first-order valence-electron chi connectivity index (χ1n) is 12.4. The lowest BCUT2D eigenvalue weighted by Crippen LogP contribution is -2.47. The fourth-order valence-electron chi connectivity index (χ4n) is 4.55. The van der Waals surface area contributed by atoms with E-state index in [9.17, 15) is 8.78 Å². The average Bonchev–Trinajstić information content (AvgIpc) is 3.49. The molecule has 0 saturated carbocycles. The smallest absolute Gasteiger partial charge is 0.123 e. The maximum atomic E-state index is 13.1. The van der Waals surface area contributed by atoms with E-state index in [0.29, 0.717) is 0 Å². The first-order valence-corrected chi connectivity index (χ1v) is 13.9. The highest BCUT2D eigenvalue weighted by Crippen LogP contribution is 2.30. The lowest BCUT2D eigenvalue weighted by atomic mass is 10.1. The zero-order valence-electron chi connectivity index (χ0n) is 20.0. The van der Waals surface area contributed by atoms with Gasteiger partial charge in [-0.15, -0.1) is 0 Å². The van der Waals surface area contributed by atoms with Crippen LogP contribution in [0.4, 0.5) is 8.78 Å². The Labute approximate surface area is 220 Å². The molecule has 2 unspecified atom stereocenters. The quantitative estimate of drug-likeness (QED) is 0.373. The predicted molar refractivity (Wildman–Crippen MR) is 143 cm³/mol. The molecule has 35 heavy (non-hydrogen) atoms. The fraction of sp³-hybridized carbons (Fsp3) is 0.538. The molecular weight excluding hydrogens is 565 g/mol. The number of piperazine rings is 2. The molecule has 0 aliphatic carbocycles. The third-order valence-corrected chi connectivity index (χ3v) is 7.31. The molecule has 2 saturated heterocycles. The van der Waals surface area contributed by atoms with Crippen LogP contribution >= 0.6 is 22.6 Å². The molecule has 4 aliphatic rings. The molecule has 9 heteroatoms. The largest absolute Gasteiger partial charge is 0.489 e. The molecule has 0 spiro atoms. The number of hydrogen-bond acceptors (Lipinski definition) is 6. The lowest BCUT2D eigenvalue weighted by Gasteiger charge is -2.29. The maximum absolute atomic E-state index is 13.1. The van der Waals surface area contributed by atoms with Crippen molar-refractivity contribution in [1.82, 2.24) is 20.9 Å². The van der Waals surface area contributed by atoms with Gasteiger partial charge in [0.2, 0.25) is 0 Å². The van der Waals surface area contributed by atoms with Gasteiger partial charge in [0.05, 0.1) is 0 Å². The minimum absolute atomic E-state index is 0.171. The Kier molecular flexibility index (Phi) is 10.4. The maximum Gasteiger partial charge on any atom is 0.123 e. The summed E-state index contributed by atoms with van der Waals surface area (Å²) >= 11 is 2.28. The van der Waals surface area contributed by atoms with E-state index in [1.54, 1.807) is 24.3 Å². The number of nitrogens with one attached hydrogen (secondary N) is 3. The molecule has 2 aromatic rings. The minimum Gasteiger partial charge on any atom is -0.489 e. The van der Waals surface area contributed by atoms with Crippen molar-refractivity contribution in [2.24, 2.45) is 0 Å². The van der Waals surface area contributed by atoms with Crippen molar-refractivity contribution in [2.45, 2.75) is 25.0 Å². The molecule has 2 aromatic carbocycles. The summed E-state index contributed by atoms with van der Waals surface area (Å²) in [5.74, 6) is 1.35. The molecule has 0 aromatic heterocycles. The van der Waals surface area contributed by atoms with Gasteiger partial charge in [-0.1, -0.05) is 22.6 Å².